The fourth-order valence-corrected chi connectivity index (χ4v) is 4.05. The molecule has 0 spiro atoms. The Hall–Kier alpha value is -3.56. The van der Waals surface area contributed by atoms with E-state index in [0.29, 0.717) is 25.9 Å². The number of ketones is 1. The maximum atomic E-state index is 12.1. The van der Waals surface area contributed by atoms with E-state index in [1.807, 2.05) is 67.3 Å². The van der Waals surface area contributed by atoms with Gasteiger partial charge in [0.25, 0.3) is 0 Å². The SMILES string of the molecule is CCC(=O)N1CCc2nc3ccccc3c(C(C)=O)c2C1.CCCOCCC.Cc1ccc(C#N)cc1. The smallest absolute Gasteiger partial charge is 0.222 e. The van der Waals surface area contributed by atoms with Gasteiger partial charge < -0.3 is 9.64 Å². The predicted octanol–water partition coefficient (Wildman–Crippen LogP) is 6.42. The van der Waals surface area contributed by atoms with E-state index < -0.39 is 0 Å². The van der Waals surface area contributed by atoms with Crippen LogP contribution >= 0.6 is 0 Å². The molecule has 0 fully saturated rings. The minimum atomic E-state index is 0.0376. The number of Topliss-reactive ketones (excluding diaryl/α,β-unsaturated/α-hetero) is 1. The largest absolute Gasteiger partial charge is 0.381 e. The van der Waals surface area contributed by atoms with Crippen LogP contribution in [0.3, 0.4) is 0 Å². The van der Waals surface area contributed by atoms with Gasteiger partial charge in [0.05, 0.1) is 17.1 Å². The summed E-state index contributed by atoms with van der Waals surface area (Å²) in [5.74, 6) is 0.166. The number of para-hydroxylation sites is 1. The van der Waals surface area contributed by atoms with E-state index in [4.69, 9.17) is 10.00 Å². The Bertz CT molecular complexity index is 1210. The van der Waals surface area contributed by atoms with Crippen LogP contribution in [0.25, 0.3) is 10.9 Å². The van der Waals surface area contributed by atoms with Gasteiger partial charge in [-0.1, -0.05) is 56.7 Å². The molecule has 6 heteroatoms. The van der Waals surface area contributed by atoms with Crippen LogP contribution in [0.4, 0.5) is 0 Å². The van der Waals surface area contributed by atoms with Crippen molar-refractivity contribution in [1.82, 2.24) is 9.88 Å². The molecule has 0 aliphatic carbocycles. The zero-order chi connectivity index (χ0) is 27.2. The fraction of sp³-hybridized carbons (Fsp3) is 0.419. The van der Waals surface area contributed by atoms with Gasteiger partial charge in [-0.25, -0.2) is 0 Å². The molecule has 0 radical (unpaired) electrons. The van der Waals surface area contributed by atoms with E-state index in [0.717, 1.165) is 59.3 Å². The van der Waals surface area contributed by atoms with E-state index in [-0.39, 0.29) is 11.7 Å². The first-order chi connectivity index (χ1) is 17.9. The summed E-state index contributed by atoms with van der Waals surface area (Å²) in [7, 11) is 0. The minimum absolute atomic E-state index is 0.0376. The number of aromatic nitrogens is 1. The Morgan fingerprint density at radius 3 is 2.24 bits per heavy atom. The minimum Gasteiger partial charge on any atom is -0.381 e. The van der Waals surface area contributed by atoms with Crippen LogP contribution in [-0.4, -0.2) is 41.3 Å². The van der Waals surface area contributed by atoms with Crippen molar-refractivity contribution in [1.29, 1.82) is 5.26 Å². The number of nitrogens with zero attached hydrogens (tertiary/aromatic N) is 3. The van der Waals surface area contributed by atoms with Gasteiger partial charge in [0.1, 0.15) is 0 Å². The number of pyridine rings is 1. The highest BCUT2D eigenvalue weighted by Crippen LogP contribution is 2.28. The maximum Gasteiger partial charge on any atom is 0.222 e. The van der Waals surface area contributed by atoms with Crippen LogP contribution in [0.1, 0.15) is 79.7 Å². The number of ether oxygens (including phenoxy) is 1. The van der Waals surface area contributed by atoms with Gasteiger partial charge in [-0.2, -0.15) is 5.26 Å². The molecule has 0 unspecified atom stereocenters. The van der Waals surface area contributed by atoms with Gasteiger partial charge in [0.2, 0.25) is 5.91 Å². The number of rotatable bonds is 6. The topological polar surface area (TPSA) is 83.3 Å². The van der Waals surface area contributed by atoms with Crippen LogP contribution < -0.4 is 0 Å². The van der Waals surface area contributed by atoms with E-state index in [1.54, 1.807) is 6.92 Å². The average Bonchev–Trinajstić information content (AvgIpc) is 2.92. The Kier molecular flexibility index (Phi) is 12.5. The zero-order valence-electron chi connectivity index (χ0n) is 22.8. The van der Waals surface area contributed by atoms with Gasteiger partial charge in [-0.05, 0) is 44.9 Å². The van der Waals surface area contributed by atoms with Crippen molar-refractivity contribution in [2.75, 3.05) is 19.8 Å². The summed E-state index contributed by atoms with van der Waals surface area (Å²) in [6, 6.07) is 17.3. The number of amides is 1. The first-order valence-corrected chi connectivity index (χ1v) is 13.1. The molecule has 0 bridgehead atoms. The summed E-state index contributed by atoms with van der Waals surface area (Å²) in [6.07, 6.45) is 3.48. The predicted molar refractivity (Wildman–Crippen MR) is 148 cm³/mol. The Balaban J connectivity index is 0.000000248. The summed E-state index contributed by atoms with van der Waals surface area (Å²) in [4.78, 5) is 30.6. The quantitative estimate of drug-likeness (QED) is 0.287. The molecule has 2 heterocycles. The van der Waals surface area contributed by atoms with Crippen molar-refractivity contribution in [3.05, 3.63) is 76.5 Å². The van der Waals surface area contributed by atoms with Gasteiger partial charge in [-0.15, -0.1) is 0 Å². The van der Waals surface area contributed by atoms with Crippen molar-refractivity contribution in [2.24, 2.45) is 0 Å². The average molecular weight is 502 g/mol. The summed E-state index contributed by atoms with van der Waals surface area (Å²) >= 11 is 0. The number of hydrogen-bond acceptors (Lipinski definition) is 5. The van der Waals surface area contributed by atoms with E-state index in [1.165, 1.54) is 5.56 Å². The third kappa shape index (κ3) is 8.80. The lowest BCUT2D eigenvalue weighted by Gasteiger charge is -2.29. The molecule has 2 aromatic carbocycles. The highest BCUT2D eigenvalue weighted by atomic mass is 16.5. The second-order valence-corrected chi connectivity index (χ2v) is 8.99. The van der Waals surface area contributed by atoms with Gasteiger partial charge in [0.15, 0.2) is 5.78 Å². The van der Waals surface area contributed by atoms with Crippen molar-refractivity contribution < 1.29 is 14.3 Å². The van der Waals surface area contributed by atoms with Crippen LogP contribution in [0.5, 0.6) is 0 Å². The first kappa shape index (κ1) is 29.7. The number of carbonyl (C=O) groups excluding carboxylic acids is 2. The van der Waals surface area contributed by atoms with Crippen LogP contribution in [-0.2, 0) is 22.5 Å². The lowest BCUT2D eigenvalue weighted by atomic mass is 9.93. The van der Waals surface area contributed by atoms with E-state index >= 15 is 0 Å². The Labute approximate surface area is 221 Å². The zero-order valence-corrected chi connectivity index (χ0v) is 22.8. The Morgan fingerprint density at radius 2 is 1.68 bits per heavy atom. The normalized spacial score (nSPS) is 11.8. The second kappa shape index (κ2) is 15.5. The van der Waals surface area contributed by atoms with E-state index in [9.17, 15) is 9.59 Å². The molecule has 0 saturated carbocycles. The molecular formula is C31H39N3O3. The highest BCUT2D eigenvalue weighted by Gasteiger charge is 2.25. The molecule has 196 valence electrons. The monoisotopic (exact) mass is 501 g/mol. The molecule has 0 saturated heterocycles. The number of nitriles is 1. The standard InChI is InChI=1S/C17H18N2O2.C8H7N.C6H14O/c1-3-16(21)19-9-8-15-13(10-19)17(11(2)20)12-6-4-5-7-14(12)18-15;1-7-2-4-8(6-9)5-3-7;1-3-5-7-6-4-2/h4-7H,3,8-10H2,1-2H3;2-5H,1H3;3-6H2,1-2H3. The molecule has 3 aromatic rings. The summed E-state index contributed by atoms with van der Waals surface area (Å²) in [5.41, 5.74) is 5.38. The lowest BCUT2D eigenvalue weighted by Crippen LogP contribution is -2.36. The second-order valence-electron chi connectivity index (χ2n) is 8.99. The third-order valence-corrected chi connectivity index (χ3v) is 5.93. The van der Waals surface area contributed by atoms with Gasteiger partial charge >= 0.3 is 0 Å². The van der Waals surface area contributed by atoms with Crippen molar-refractivity contribution >= 4 is 22.6 Å². The molecule has 4 rings (SSSR count). The maximum absolute atomic E-state index is 12.1. The molecule has 1 aliphatic rings. The number of hydrogen-bond donors (Lipinski definition) is 0. The molecule has 1 aliphatic heterocycles. The molecule has 0 N–H and O–H groups in total. The Morgan fingerprint density at radius 1 is 1.03 bits per heavy atom. The molecule has 1 amide bonds. The van der Waals surface area contributed by atoms with E-state index in [2.05, 4.69) is 24.9 Å². The van der Waals surface area contributed by atoms with Crippen molar-refractivity contribution in [3.8, 4) is 6.07 Å². The third-order valence-electron chi connectivity index (χ3n) is 5.93. The number of fused-ring (bicyclic) bond motifs is 2. The summed E-state index contributed by atoms with van der Waals surface area (Å²) in [5, 5.41) is 9.26. The number of aryl methyl sites for hydroxylation is 1. The summed E-state index contributed by atoms with van der Waals surface area (Å²) in [6.45, 7) is 12.7. The molecular weight excluding hydrogens is 462 g/mol. The van der Waals surface area contributed by atoms with Crippen LogP contribution in [0.15, 0.2) is 48.5 Å². The number of carbonyl (C=O) groups is 2. The van der Waals surface area contributed by atoms with Crippen LogP contribution in [0.2, 0.25) is 0 Å². The first-order valence-electron chi connectivity index (χ1n) is 13.1. The van der Waals surface area contributed by atoms with Crippen molar-refractivity contribution in [3.63, 3.8) is 0 Å². The fourth-order valence-electron chi connectivity index (χ4n) is 4.05. The molecule has 37 heavy (non-hydrogen) atoms. The van der Waals surface area contributed by atoms with Gasteiger partial charge in [-0.3, -0.25) is 14.6 Å². The highest BCUT2D eigenvalue weighted by molar-refractivity contribution is 6.07. The number of benzene rings is 2. The summed E-state index contributed by atoms with van der Waals surface area (Å²) < 4.78 is 5.13. The lowest BCUT2D eigenvalue weighted by molar-refractivity contribution is -0.131. The van der Waals surface area contributed by atoms with Crippen molar-refractivity contribution in [2.45, 2.75) is 66.8 Å². The molecule has 6 nitrogen and oxygen atoms in total. The molecule has 0 atom stereocenters. The van der Waals surface area contributed by atoms with Gasteiger partial charge in [0, 0.05) is 61.4 Å². The van der Waals surface area contributed by atoms with Crippen LogP contribution in [0, 0.1) is 18.3 Å². The molecule has 1 aromatic heterocycles.